The Balaban J connectivity index is 1.75. The number of carbonyl (C=O) groups excluding carboxylic acids is 2. The van der Waals surface area contributed by atoms with E-state index in [-0.39, 0.29) is 31.3 Å². The molecule has 2 aromatic rings. The molecule has 27 heavy (non-hydrogen) atoms. The summed E-state index contributed by atoms with van der Waals surface area (Å²) in [5.74, 6) is -0.570. The molecule has 0 atom stereocenters. The van der Waals surface area contributed by atoms with Gasteiger partial charge in [-0.15, -0.1) is 0 Å². The van der Waals surface area contributed by atoms with Crippen LogP contribution in [0.3, 0.4) is 0 Å². The van der Waals surface area contributed by atoms with E-state index in [0.29, 0.717) is 18.1 Å². The van der Waals surface area contributed by atoms with Crippen LogP contribution in [0.2, 0.25) is 0 Å². The summed E-state index contributed by atoms with van der Waals surface area (Å²) in [6, 6.07) is 9.41. The highest BCUT2D eigenvalue weighted by Gasteiger charge is 2.09. The van der Waals surface area contributed by atoms with E-state index in [4.69, 9.17) is 4.74 Å². The molecular weight excluding hydrogens is 349 g/mol. The van der Waals surface area contributed by atoms with Gasteiger partial charge in [0.25, 0.3) is 0 Å². The van der Waals surface area contributed by atoms with E-state index < -0.39 is 5.82 Å². The van der Waals surface area contributed by atoms with Gasteiger partial charge in [-0.3, -0.25) is 9.59 Å². The molecule has 0 unspecified atom stereocenters. The standard InChI is InChI=1S/C20H24FN3O3/c1-2-3-10-27-20-16(7-5-9-22-20)13-23-19(26)14-24-18(25)12-15-6-4-8-17(21)11-15/h4-9,11H,2-3,10,12-14H2,1H3,(H,23,26)(H,24,25). The van der Waals surface area contributed by atoms with Gasteiger partial charge in [0.15, 0.2) is 0 Å². The van der Waals surface area contributed by atoms with Crippen molar-refractivity contribution in [3.8, 4) is 5.88 Å². The second-order valence-electron chi connectivity index (χ2n) is 6.03. The summed E-state index contributed by atoms with van der Waals surface area (Å²) >= 11 is 0. The number of nitrogens with one attached hydrogen (secondary N) is 2. The van der Waals surface area contributed by atoms with Gasteiger partial charge in [0, 0.05) is 18.3 Å². The average molecular weight is 373 g/mol. The van der Waals surface area contributed by atoms with Crippen LogP contribution in [0.25, 0.3) is 0 Å². The molecule has 0 radical (unpaired) electrons. The van der Waals surface area contributed by atoms with Crippen LogP contribution in [0.15, 0.2) is 42.6 Å². The molecule has 0 aliphatic heterocycles. The Bertz CT molecular complexity index is 768. The molecule has 0 aliphatic carbocycles. The number of carbonyl (C=O) groups is 2. The van der Waals surface area contributed by atoms with E-state index >= 15 is 0 Å². The molecule has 6 nitrogen and oxygen atoms in total. The molecule has 0 aliphatic rings. The van der Waals surface area contributed by atoms with Crippen LogP contribution in [0, 0.1) is 5.82 Å². The normalized spacial score (nSPS) is 10.3. The fraction of sp³-hybridized carbons (Fsp3) is 0.350. The predicted octanol–water partition coefficient (Wildman–Crippen LogP) is 2.37. The molecule has 0 spiro atoms. The molecule has 7 heteroatoms. The van der Waals surface area contributed by atoms with Crippen LogP contribution in [0.1, 0.15) is 30.9 Å². The number of hydrogen-bond acceptors (Lipinski definition) is 4. The second kappa shape index (κ2) is 10.9. The van der Waals surface area contributed by atoms with Crippen LogP contribution in [-0.2, 0) is 22.6 Å². The summed E-state index contributed by atoms with van der Waals surface area (Å²) in [5, 5.41) is 5.25. The molecule has 0 saturated carbocycles. The van der Waals surface area contributed by atoms with Crippen LogP contribution in [-0.4, -0.2) is 29.9 Å². The van der Waals surface area contributed by atoms with Crippen molar-refractivity contribution in [1.29, 1.82) is 0 Å². The maximum atomic E-state index is 13.1. The van der Waals surface area contributed by atoms with Gasteiger partial charge in [0.1, 0.15) is 5.82 Å². The molecule has 2 rings (SSSR count). The summed E-state index contributed by atoms with van der Waals surface area (Å²) in [7, 11) is 0. The third-order valence-electron chi connectivity index (χ3n) is 3.76. The zero-order chi connectivity index (χ0) is 19.5. The number of aromatic nitrogens is 1. The first-order valence-corrected chi connectivity index (χ1v) is 8.93. The molecule has 144 valence electrons. The molecule has 1 heterocycles. The highest BCUT2D eigenvalue weighted by Crippen LogP contribution is 2.14. The zero-order valence-corrected chi connectivity index (χ0v) is 15.3. The Morgan fingerprint density at radius 3 is 2.78 bits per heavy atom. The minimum atomic E-state index is -0.397. The third kappa shape index (κ3) is 7.43. The molecule has 1 aromatic heterocycles. The molecule has 0 bridgehead atoms. The Labute approximate surface area is 158 Å². The third-order valence-corrected chi connectivity index (χ3v) is 3.76. The van der Waals surface area contributed by atoms with E-state index in [1.54, 1.807) is 24.4 Å². The van der Waals surface area contributed by atoms with Crippen LogP contribution in [0.5, 0.6) is 5.88 Å². The minimum Gasteiger partial charge on any atom is -0.477 e. The fourth-order valence-electron chi connectivity index (χ4n) is 2.33. The lowest BCUT2D eigenvalue weighted by molar-refractivity contribution is -0.125. The van der Waals surface area contributed by atoms with Crippen molar-refractivity contribution in [2.45, 2.75) is 32.7 Å². The van der Waals surface area contributed by atoms with Crippen molar-refractivity contribution in [2.75, 3.05) is 13.2 Å². The van der Waals surface area contributed by atoms with Gasteiger partial charge in [0.2, 0.25) is 17.7 Å². The molecular formula is C20H24FN3O3. The highest BCUT2D eigenvalue weighted by molar-refractivity contribution is 5.85. The number of halogens is 1. The maximum Gasteiger partial charge on any atom is 0.239 e. The number of nitrogens with zero attached hydrogens (tertiary/aromatic N) is 1. The minimum absolute atomic E-state index is 0.0169. The Kier molecular flexibility index (Phi) is 8.22. The Morgan fingerprint density at radius 2 is 2.00 bits per heavy atom. The van der Waals surface area contributed by atoms with E-state index in [2.05, 4.69) is 22.5 Å². The Hall–Kier alpha value is -2.96. The average Bonchev–Trinajstić information content (AvgIpc) is 2.66. The van der Waals surface area contributed by atoms with Gasteiger partial charge in [-0.25, -0.2) is 9.37 Å². The van der Waals surface area contributed by atoms with E-state index in [1.807, 2.05) is 6.07 Å². The highest BCUT2D eigenvalue weighted by atomic mass is 19.1. The van der Waals surface area contributed by atoms with Crippen molar-refractivity contribution >= 4 is 11.8 Å². The van der Waals surface area contributed by atoms with E-state index in [0.717, 1.165) is 18.4 Å². The summed E-state index contributed by atoms with van der Waals surface area (Å²) in [6.07, 6.45) is 3.61. The lowest BCUT2D eigenvalue weighted by atomic mass is 10.1. The first-order valence-electron chi connectivity index (χ1n) is 8.93. The van der Waals surface area contributed by atoms with E-state index in [9.17, 15) is 14.0 Å². The van der Waals surface area contributed by atoms with Gasteiger partial charge >= 0.3 is 0 Å². The second-order valence-corrected chi connectivity index (χ2v) is 6.03. The maximum absolute atomic E-state index is 13.1. The van der Waals surface area contributed by atoms with Crippen molar-refractivity contribution in [3.05, 3.63) is 59.5 Å². The summed E-state index contributed by atoms with van der Waals surface area (Å²) < 4.78 is 18.7. The van der Waals surface area contributed by atoms with Crippen LogP contribution >= 0.6 is 0 Å². The zero-order valence-electron chi connectivity index (χ0n) is 15.3. The van der Waals surface area contributed by atoms with Gasteiger partial charge in [-0.1, -0.05) is 31.5 Å². The van der Waals surface area contributed by atoms with Crippen molar-refractivity contribution in [2.24, 2.45) is 0 Å². The number of benzene rings is 1. The summed E-state index contributed by atoms with van der Waals surface area (Å²) in [4.78, 5) is 28.0. The molecule has 1 aromatic carbocycles. The molecule has 2 N–H and O–H groups in total. The van der Waals surface area contributed by atoms with Crippen molar-refractivity contribution in [3.63, 3.8) is 0 Å². The lowest BCUT2D eigenvalue weighted by Gasteiger charge is -2.11. The fourth-order valence-corrected chi connectivity index (χ4v) is 2.33. The van der Waals surface area contributed by atoms with Gasteiger partial charge in [-0.05, 0) is 30.2 Å². The lowest BCUT2D eigenvalue weighted by Crippen LogP contribution is -2.37. The smallest absolute Gasteiger partial charge is 0.239 e. The van der Waals surface area contributed by atoms with Crippen molar-refractivity contribution < 1.29 is 18.7 Å². The quantitative estimate of drug-likeness (QED) is 0.627. The van der Waals surface area contributed by atoms with Gasteiger partial charge in [0.05, 0.1) is 19.6 Å². The monoisotopic (exact) mass is 373 g/mol. The number of amides is 2. The first kappa shape index (κ1) is 20.4. The number of unbranched alkanes of at least 4 members (excludes halogenated alkanes) is 1. The number of rotatable bonds is 10. The van der Waals surface area contributed by atoms with Crippen LogP contribution in [0.4, 0.5) is 4.39 Å². The molecule has 0 fully saturated rings. The SMILES string of the molecule is CCCCOc1ncccc1CNC(=O)CNC(=O)Cc1cccc(F)c1. The largest absolute Gasteiger partial charge is 0.477 e. The topological polar surface area (TPSA) is 80.3 Å². The van der Waals surface area contributed by atoms with E-state index in [1.165, 1.54) is 12.1 Å². The summed E-state index contributed by atoms with van der Waals surface area (Å²) in [5.41, 5.74) is 1.32. The number of hydrogen-bond donors (Lipinski definition) is 2. The van der Waals surface area contributed by atoms with Gasteiger partial charge in [-0.2, -0.15) is 0 Å². The predicted molar refractivity (Wildman–Crippen MR) is 99.6 cm³/mol. The number of ether oxygens (including phenoxy) is 1. The Morgan fingerprint density at radius 1 is 1.15 bits per heavy atom. The first-order chi connectivity index (χ1) is 13.1. The van der Waals surface area contributed by atoms with Crippen molar-refractivity contribution in [1.82, 2.24) is 15.6 Å². The summed E-state index contributed by atoms with van der Waals surface area (Å²) in [6.45, 7) is 2.75. The molecule has 0 saturated heterocycles. The van der Waals surface area contributed by atoms with Crippen LogP contribution < -0.4 is 15.4 Å². The van der Waals surface area contributed by atoms with Gasteiger partial charge < -0.3 is 15.4 Å². The number of pyridine rings is 1. The molecule has 2 amide bonds.